The van der Waals surface area contributed by atoms with Gasteiger partial charge in [0.15, 0.2) is 0 Å². The first-order valence-electron chi connectivity index (χ1n) is 7.11. The first kappa shape index (κ1) is 18.6. The SMILES string of the molecule is CCC(CC)C(CNC(=O)C(C)=C(C)C(=O)O)N(C)C. The third-order valence-corrected chi connectivity index (χ3v) is 3.95. The van der Waals surface area contributed by atoms with Crippen molar-refractivity contribution in [3.05, 3.63) is 11.1 Å². The fourth-order valence-corrected chi connectivity index (χ4v) is 2.26. The van der Waals surface area contributed by atoms with Gasteiger partial charge in [-0.3, -0.25) is 4.79 Å². The van der Waals surface area contributed by atoms with Crippen LogP contribution >= 0.6 is 0 Å². The molecule has 5 heteroatoms. The molecule has 0 aliphatic rings. The summed E-state index contributed by atoms with van der Waals surface area (Å²) in [6.45, 7) is 7.81. The maximum atomic E-state index is 12.0. The van der Waals surface area contributed by atoms with Crippen molar-refractivity contribution in [2.45, 2.75) is 46.6 Å². The quantitative estimate of drug-likeness (QED) is 0.668. The van der Waals surface area contributed by atoms with Crippen molar-refractivity contribution >= 4 is 11.9 Å². The van der Waals surface area contributed by atoms with Crippen LogP contribution in [0.3, 0.4) is 0 Å². The lowest BCUT2D eigenvalue weighted by Gasteiger charge is -2.31. The van der Waals surface area contributed by atoms with Crippen LogP contribution in [0, 0.1) is 5.92 Å². The maximum Gasteiger partial charge on any atom is 0.331 e. The van der Waals surface area contributed by atoms with Crippen LogP contribution in [0.2, 0.25) is 0 Å². The molecule has 0 aliphatic carbocycles. The second-order valence-electron chi connectivity index (χ2n) is 5.37. The lowest BCUT2D eigenvalue weighted by molar-refractivity contribution is -0.133. The highest BCUT2D eigenvalue weighted by Crippen LogP contribution is 2.16. The molecule has 20 heavy (non-hydrogen) atoms. The summed E-state index contributed by atoms with van der Waals surface area (Å²) in [6, 6.07) is 0.256. The van der Waals surface area contributed by atoms with Crippen molar-refractivity contribution in [1.82, 2.24) is 10.2 Å². The van der Waals surface area contributed by atoms with E-state index in [4.69, 9.17) is 5.11 Å². The molecule has 0 saturated heterocycles. The molecule has 0 aliphatic heterocycles. The average molecular weight is 284 g/mol. The molecule has 2 N–H and O–H groups in total. The van der Waals surface area contributed by atoms with Crippen molar-refractivity contribution in [3.63, 3.8) is 0 Å². The standard InChI is InChI=1S/C15H28N2O3/c1-7-12(8-2)13(17(5)6)9-16-14(18)10(3)11(4)15(19)20/h12-13H,7-9H2,1-6H3,(H,16,18)(H,19,20). The van der Waals surface area contributed by atoms with E-state index in [0.717, 1.165) is 12.8 Å². The largest absolute Gasteiger partial charge is 0.478 e. The topological polar surface area (TPSA) is 69.6 Å². The zero-order valence-electron chi connectivity index (χ0n) is 13.5. The summed E-state index contributed by atoms with van der Waals surface area (Å²) in [5.41, 5.74) is 0.353. The average Bonchev–Trinajstić information content (AvgIpc) is 2.40. The molecule has 5 nitrogen and oxygen atoms in total. The Bertz CT molecular complexity index is 371. The van der Waals surface area contributed by atoms with Crippen molar-refractivity contribution in [2.24, 2.45) is 5.92 Å². The second kappa shape index (κ2) is 8.74. The first-order chi connectivity index (χ1) is 9.26. The van der Waals surface area contributed by atoms with Crippen LogP contribution < -0.4 is 5.32 Å². The molecule has 0 rings (SSSR count). The molecule has 1 unspecified atom stereocenters. The number of carbonyl (C=O) groups excluding carboxylic acids is 1. The summed E-state index contributed by atoms with van der Waals surface area (Å²) in [5.74, 6) is -0.848. The highest BCUT2D eigenvalue weighted by atomic mass is 16.4. The Hall–Kier alpha value is -1.36. The third-order valence-electron chi connectivity index (χ3n) is 3.95. The zero-order valence-corrected chi connectivity index (χ0v) is 13.5. The van der Waals surface area contributed by atoms with Crippen LogP contribution in [0.5, 0.6) is 0 Å². The van der Waals surface area contributed by atoms with Crippen LogP contribution in [-0.2, 0) is 9.59 Å². The Morgan fingerprint density at radius 3 is 1.95 bits per heavy atom. The van der Waals surface area contributed by atoms with Gasteiger partial charge in [-0.05, 0) is 33.9 Å². The Labute approximate surface area is 122 Å². The number of likely N-dealkylation sites (N-methyl/N-ethyl adjacent to an activating group) is 1. The normalized spacial score (nSPS) is 14.2. The van der Waals surface area contributed by atoms with E-state index in [1.165, 1.54) is 6.92 Å². The molecule has 1 amide bonds. The number of amides is 1. The molecule has 1 atom stereocenters. The Balaban J connectivity index is 4.76. The number of nitrogens with zero attached hydrogens (tertiary/aromatic N) is 1. The van der Waals surface area contributed by atoms with Crippen molar-refractivity contribution < 1.29 is 14.7 Å². The van der Waals surface area contributed by atoms with Gasteiger partial charge in [0.25, 0.3) is 0 Å². The highest BCUT2D eigenvalue weighted by molar-refractivity contribution is 6.01. The molecule has 0 fully saturated rings. The smallest absolute Gasteiger partial charge is 0.331 e. The minimum atomic E-state index is -1.05. The molecule has 0 aromatic carbocycles. The number of carbonyl (C=O) groups is 2. The van der Waals surface area contributed by atoms with E-state index < -0.39 is 5.97 Å². The van der Waals surface area contributed by atoms with Crippen LogP contribution in [0.15, 0.2) is 11.1 Å². The molecule has 0 bridgehead atoms. The fraction of sp³-hybridized carbons (Fsp3) is 0.733. The maximum absolute atomic E-state index is 12.0. The van der Waals surface area contributed by atoms with Crippen LogP contribution in [0.1, 0.15) is 40.5 Å². The first-order valence-corrected chi connectivity index (χ1v) is 7.11. The van der Waals surface area contributed by atoms with Gasteiger partial charge in [0.2, 0.25) is 5.91 Å². The third kappa shape index (κ3) is 5.33. The Kier molecular flexibility index (Phi) is 8.15. The minimum absolute atomic E-state index is 0.0893. The number of carboxylic acid groups (broad SMARTS) is 1. The molecular formula is C15H28N2O3. The summed E-state index contributed by atoms with van der Waals surface area (Å²) in [5, 5.41) is 11.7. The number of carboxylic acids is 1. The highest BCUT2D eigenvalue weighted by Gasteiger charge is 2.22. The molecule has 0 aromatic heterocycles. The summed E-state index contributed by atoms with van der Waals surface area (Å²) < 4.78 is 0. The van der Waals surface area contributed by atoms with Crippen molar-refractivity contribution in [3.8, 4) is 0 Å². The summed E-state index contributed by atoms with van der Waals surface area (Å²) >= 11 is 0. The molecule has 0 saturated carbocycles. The van der Waals surface area contributed by atoms with Crippen molar-refractivity contribution in [2.75, 3.05) is 20.6 Å². The number of rotatable bonds is 8. The molecular weight excluding hydrogens is 256 g/mol. The van der Waals surface area contributed by atoms with Gasteiger partial charge >= 0.3 is 5.97 Å². The van der Waals surface area contributed by atoms with E-state index in [9.17, 15) is 9.59 Å². The second-order valence-corrected chi connectivity index (χ2v) is 5.37. The number of aliphatic carboxylic acids is 1. The molecule has 116 valence electrons. The summed E-state index contributed by atoms with van der Waals surface area (Å²) in [4.78, 5) is 24.9. The van der Waals surface area contributed by atoms with Gasteiger partial charge in [0, 0.05) is 23.7 Å². The van der Waals surface area contributed by atoms with Crippen LogP contribution in [-0.4, -0.2) is 48.6 Å². The van der Waals surface area contributed by atoms with Gasteiger partial charge in [0.1, 0.15) is 0 Å². The van der Waals surface area contributed by atoms with Gasteiger partial charge in [-0.15, -0.1) is 0 Å². The number of hydrogen-bond donors (Lipinski definition) is 2. The molecule has 0 spiro atoms. The van der Waals surface area contributed by atoms with E-state index in [-0.39, 0.29) is 23.1 Å². The van der Waals surface area contributed by atoms with E-state index in [0.29, 0.717) is 12.5 Å². The Morgan fingerprint density at radius 2 is 1.60 bits per heavy atom. The lowest BCUT2D eigenvalue weighted by atomic mass is 9.93. The van der Waals surface area contributed by atoms with E-state index in [1.807, 2.05) is 14.1 Å². The van der Waals surface area contributed by atoms with Gasteiger partial charge in [-0.1, -0.05) is 26.7 Å². The summed E-state index contributed by atoms with van der Waals surface area (Å²) in [6.07, 6.45) is 2.11. The number of nitrogens with one attached hydrogen (secondary N) is 1. The molecule has 0 heterocycles. The molecule has 0 aromatic rings. The fourth-order valence-electron chi connectivity index (χ4n) is 2.26. The Morgan fingerprint density at radius 1 is 1.10 bits per heavy atom. The van der Waals surface area contributed by atoms with Crippen LogP contribution in [0.4, 0.5) is 0 Å². The predicted octanol–water partition coefficient (Wildman–Crippen LogP) is 1.89. The van der Waals surface area contributed by atoms with Crippen molar-refractivity contribution in [1.29, 1.82) is 0 Å². The minimum Gasteiger partial charge on any atom is -0.478 e. The van der Waals surface area contributed by atoms with Gasteiger partial charge in [-0.25, -0.2) is 4.79 Å². The van der Waals surface area contributed by atoms with E-state index in [2.05, 4.69) is 24.1 Å². The van der Waals surface area contributed by atoms with Gasteiger partial charge in [0.05, 0.1) is 0 Å². The molecule has 0 radical (unpaired) electrons. The van der Waals surface area contributed by atoms with E-state index in [1.54, 1.807) is 6.92 Å². The summed E-state index contributed by atoms with van der Waals surface area (Å²) in [7, 11) is 4.00. The van der Waals surface area contributed by atoms with Gasteiger partial charge in [-0.2, -0.15) is 0 Å². The zero-order chi connectivity index (χ0) is 15.9. The van der Waals surface area contributed by atoms with E-state index >= 15 is 0 Å². The van der Waals surface area contributed by atoms with Gasteiger partial charge < -0.3 is 15.3 Å². The number of hydrogen-bond acceptors (Lipinski definition) is 3. The van der Waals surface area contributed by atoms with Crippen LogP contribution in [0.25, 0.3) is 0 Å². The lowest BCUT2D eigenvalue weighted by Crippen LogP contribution is -2.45. The predicted molar refractivity (Wildman–Crippen MR) is 80.6 cm³/mol. The monoisotopic (exact) mass is 284 g/mol.